The van der Waals surface area contributed by atoms with Crippen molar-refractivity contribution in [3.8, 4) is 16.9 Å². The average molecular weight is 345 g/mol. The number of halogens is 1. The van der Waals surface area contributed by atoms with E-state index in [0.29, 0.717) is 18.1 Å². The summed E-state index contributed by atoms with van der Waals surface area (Å²) in [7, 11) is 1.78. The second kappa shape index (κ2) is 8.11. The Morgan fingerprint density at radius 2 is 2.16 bits per heavy atom. The Kier molecular flexibility index (Phi) is 5.65. The van der Waals surface area contributed by atoms with Crippen LogP contribution in [0.25, 0.3) is 11.1 Å². The Bertz CT molecular complexity index is 706. The zero-order valence-electron chi connectivity index (χ0n) is 14.4. The van der Waals surface area contributed by atoms with E-state index in [1.807, 2.05) is 24.3 Å². The SMILES string of the molecule is CNc1nc(N)ncc1-c1cccc(OCC(F)CN2CCCC2)c1. The molecule has 0 bridgehead atoms. The molecule has 0 spiro atoms. The van der Waals surface area contributed by atoms with Gasteiger partial charge in [-0.2, -0.15) is 4.98 Å². The van der Waals surface area contributed by atoms with Crippen LogP contribution >= 0.6 is 0 Å². The quantitative estimate of drug-likeness (QED) is 0.803. The van der Waals surface area contributed by atoms with Crippen molar-refractivity contribution in [2.45, 2.75) is 19.0 Å². The Morgan fingerprint density at radius 3 is 2.92 bits per heavy atom. The molecule has 25 heavy (non-hydrogen) atoms. The van der Waals surface area contributed by atoms with Crippen LogP contribution in [0.3, 0.4) is 0 Å². The second-order valence-electron chi connectivity index (χ2n) is 6.18. The second-order valence-corrected chi connectivity index (χ2v) is 6.18. The molecule has 1 atom stereocenters. The molecule has 3 rings (SSSR count). The summed E-state index contributed by atoms with van der Waals surface area (Å²) in [6.07, 6.45) is 2.99. The fraction of sp³-hybridized carbons (Fsp3) is 0.444. The van der Waals surface area contributed by atoms with Crippen molar-refractivity contribution in [1.29, 1.82) is 0 Å². The number of benzene rings is 1. The first-order chi connectivity index (χ1) is 12.2. The summed E-state index contributed by atoms with van der Waals surface area (Å²) < 4.78 is 19.8. The van der Waals surface area contributed by atoms with Gasteiger partial charge in [0.05, 0.1) is 0 Å². The van der Waals surface area contributed by atoms with Gasteiger partial charge in [-0.1, -0.05) is 12.1 Å². The van der Waals surface area contributed by atoms with Crippen molar-refractivity contribution >= 4 is 11.8 Å². The van der Waals surface area contributed by atoms with Gasteiger partial charge in [-0.25, -0.2) is 9.37 Å². The van der Waals surface area contributed by atoms with Gasteiger partial charge in [0.2, 0.25) is 5.95 Å². The normalized spacial score (nSPS) is 15.9. The highest BCUT2D eigenvalue weighted by atomic mass is 19.1. The molecular formula is C18H24FN5O. The van der Waals surface area contributed by atoms with Gasteiger partial charge < -0.3 is 20.7 Å². The van der Waals surface area contributed by atoms with Gasteiger partial charge in [0.1, 0.15) is 24.3 Å². The number of nitrogen functional groups attached to an aromatic ring is 1. The maximum atomic E-state index is 14.1. The van der Waals surface area contributed by atoms with Crippen LogP contribution in [0.5, 0.6) is 5.75 Å². The molecule has 1 aromatic heterocycles. The molecule has 1 aliphatic heterocycles. The lowest BCUT2D eigenvalue weighted by Crippen LogP contribution is -2.31. The number of rotatable bonds is 7. The largest absolute Gasteiger partial charge is 0.490 e. The van der Waals surface area contributed by atoms with Gasteiger partial charge in [0.15, 0.2) is 0 Å². The fourth-order valence-corrected chi connectivity index (χ4v) is 3.04. The first-order valence-electron chi connectivity index (χ1n) is 8.55. The van der Waals surface area contributed by atoms with E-state index in [1.54, 1.807) is 13.2 Å². The number of hydrogen-bond donors (Lipinski definition) is 2. The van der Waals surface area contributed by atoms with Crippen LogP contribution in [0.4, 0.5) is 16.2 Å². The molecule has 134 valence electrons. The molecule has 0 radical (unpaired) electrons. The lowest BCUT2D eigenvalue weighted by Gasteiger charge is -2.18. The van der Waals surface area contributed by atoms with Gasteiger partial charge in [-0.15, -0.1) is 0 Å². The molecule has 2 aromatic rings. The summed E-state index contributed by atoms with van der Waals surface area (Å²) in [5, 5.41) is 3.01. The van der Waals surface area contributed by atoms with Crippen LogP contribution in [0, 0.1) is 0 Å². The lowest BCUT2D eigenvalue weighted by atomic mass is 10.1. The van der Waals surface area contributed by atoms with Gasteiger partial charge in [-0.3, -0.25) is 0 Å². The topological polar surface area (TPSA) is 76.3 Å². The summed E-state index contributed by atoms with van der Waals surface area (Å²) in [6.45, 7) is 2.46. The molecule has 1 unspecified atom stereocenters. The third-order valence-corrected chi connectivity index (χ3v) is 4.28. The summed E-state index contributed by atoms with van der Waals surface area (Å²) in [5.41, 5.74) is 7.33. The molecule has 0 aliphatic carbocycles. The van der Waals surface area contributed by atoms with Crippen LogP contribution in [0.15, 0.2) is 30.5 Å². The molecule has 7 heteroatoms. The Balaban J connectivity index is 1.65. The van der Waals surface area contributed by atoms with Crippen molar-refractivity contribution in [3.63, 3.8) is 0 Å². The zero-order chi connectivity index (χ0) is 17.6. The molecule has 1 fully saturated rings. The molecule has 1 saturated heterocycles. The van der Waals surface area contributed by atoms with Gasteiger partial charge in [-0.05, 0) is 43.6 Å². The minimum absolute atomic E-state index is 0.0527. The Morgan fingerprint density at radius 1 is 1.36 bits per heavy atom. The first-order valence-corrected chi connectivity index (χ1v) is 8.55. The van der Waals surface area contributed by atoms with Gasteiger partial charge in [0.25, 0.3) is 0 Å². The maximum absolute atomic E-state index is 14.1. The standard InChI is InChI=1S/C18H24FN5O/c1-21-17-16(10-22-18(20)23-17)13-5-4-6-15(9-13)25-12-14(19)11-24-7-2-3-8-24/h4-6,9-10,14H,2-3,7-8,11-12H2,1H3,(H3,20,21,22,23). The summed E-state index contributed by atoms with van der Waals surface area (Å²) >= 11 is 0. The summed E-state index contributed by atoms with van der Waals surface area (Å²) in [6, 6.07) is 7.48. The number of anilines is 2. The number of aromatic nitrogens is 2. The van der Waals surface area contributed by atoms with Crippen LogP contribution in [-0.4, -0.2) is 54.3 Å². The predicted molar refractivity (Wildman–Crippen MR) is 97.5 cm³/mol. The first kappa shape index (κ1) is 17.4. The lowest BCUT2D eigenvalue weighted by molar-refractivity contribution is 0.150. The smallest absolute Gasteiger partial charge is 0.221 e. The van der Waals surface area contributed by atoms with E-state index in [9.17, 15) is 4.39 Å². The van der Waals surface area contributed by atoms with Crippen molar-refractivity contribution in [1.82, 2.24) is 14.9 Å². The molecule has 3 N–H and O–H groups in total. The Hall–Kier alpha value is -2.41. The van der Waals surface area contributed by atoms with E-state index in [-0.39, 0.29) is 12.6 Å². The van der Waals surface area contributed by atoms with Crippen molar-refractivity contribution < 1.29 is 9.13 Å². The average Bonchev–Trinajstić information content (AvgIpc) is 3.13. The van der Waals surface area contributed by atoms with Crippen molar-refractivity contribution in [2.75, 3.05) is 44.3 Å². The zero-order valence-corrected chi connectivity index (χ0v) is 14.4. The summed E-state index contributed by atoms with van der Waals surface area (Å²) in [4.78, 5) is 10.4. The highest BCUT2D eigenvalue weighted by Crippen LogP contribution is 2.28. The van der Waals surface area contributed by atoms with Crippen LogP contribution < -0.4 is 15.8 Å². The third-order valence-electron chi connectivity index (χ3n) is 4.28. The molecule has 0 amide bonds. The number of nitrogens with one attached hydrogen (secondary N) is 1. The highest BCUT2D eigenvalue weighted by Gasteiger charge is 2.17. The number of hydrogen-bond acceptors (Lipinski definition) is 6. The number of alkyl halides is 1. The molecule has 6 nitrogen and oxygen atoms in total. The van der Waals surface area contributed by atoms with E-state index in [4.69, 9.17) is 10.5 Å². The van der Waals surface area contributed by atoms with Crippen LogP contribution in [-0.2, 0) is 0 Å². The van der Waals surface area contributed by atoms with Crippen LogP contribution in [0.1, 0.15) is 12.8 Å². The highest BCUT2D eigenvalue weighted by molar-refractivity contribution is 5.75. The monoisotopic (exact) mass is 345 g/mol. The molecule has 0 saturated carbocycles. The third kappa shape index (κ3) is 4.57. The van der Waals surface area contributed by atoms with Gasteiger partial charge >= 0.3 is 0 Å². The van der Waals surface area contributed by atoms with Crippen LogP contribution in [0.2, 0.25) is 0 Å². The maximum Gasteiger partial charge on any atom is 0.221 e. The number of nitrogens with zero attached hydrogens (tertiary/aromatic N) is 3. The van der Waals surface area contributed by atoms with Gasteiger partial charge in [0, 0.05) is 25.4 Å². The van der Waals surface area contributed by atoms with E-state index < -0.39 is 6.17 Å². The van der Waals surface area contributed by atoms with E-state index >= 15 is 0 Å². The predicted octanol–water partition coefficient (Wildman–Crippen LogP) is 2.58. The van der Waals surface area contributed by atoms with E-state index in [1.165, 1.54) is 0 Å². The number of likely N-dealkylation sites (tertiary alicyclic amines) is 1. The van der Waals surface area contributed by atoms with Crippen molar-refractivity contribution in [3.05, 3.63) is 30.5 Å². The van der Waals surface area contributed by atoms with Crippen molar-refractivity contribution in [2.24, 2.45) is 0 Å². The fourth-order valence-electron chi connectivity index (χ4n) is 3.04. The van der Waals surface area contributed by atoms with E-state index in [2.05, 4.69) is 20.2 Å². The minimum atomic E-state index is -0.991. The number of nitrogens with two attached hydrogens (primary N) is 1. The molecule has 2 heterocycles. The molecular weight excluding hydrogens is 321 g/mol. The minimum Gasteiger partial charge on any atom is -0.490 e. The molecule has 1 aliphatic rings. The Labute approximate surface area is 147 Å². The number of ether oxygens (including phenoxy) is 1. The molecule has 1 aromatic carbocycles. The summed E-state index contributed by atoms with van der Waals surface area (Å²) in [5.74, 6) is 1.48. The van der Waals surface area contributed by atoms with E-state index in [0.717, 1.165) is 37.1 Å².